The van der Waals surface area contributed by atoms with Gasteiger partial charge in [0.25, 0.3) is 0 Å². The van der Waals surface area contributed by atoms with E-state index in [0.717, 1.165) is 11.3 Å². The van der Waals surface area contributed by atoms with E-state index >= 15 is 0 Å². The Morgan fingerprint density at radius 2 is 1.95 bits per heavy atom. The van der Waals surface area contributed by atoms with Crippen LogP contribution in [0.15, 0.2) is 24.3 Å². The van der Waals surface area contributed by atoms with Crippen LogP contribution in [0.4, 0.5) is 10.5 Å². The Balaban J connectivity index is 2.32. The molecule has 21 heavy (non-hydrogen) atoms. The van der Waals surface area contributed by atoms with Crippen molar-refractivity contribution in [1.82, 2.24) is 0 Å². The summed E-state index contributed by atoms with van der Waals surface area (Å²) in [5.74, 6) is 0. The smallest absolute Gasteiger partial charge is 0.412 e. The Labute approximate surface area is 126 Å². The molecule has 0 unspecified atom stereocenters. The topological polar surface area (TPSA) is 99.0 Å². The molecule has 0 spiro atoms. The number of thiophene rings is 1. The number of hydrogen-bond acceptors (Lipinski definition) is 6. The highest BCUT2D eigenvalue weighted by molar-refractivity contribution is 7.29. The Kier molecular flexibility index (Phi) is 3.98. The van der Waals surface area contributed by atoms with Crippen molar-refractivity contribution in [2.24, 2.45) is 0 Å². The summed E-state index contributed by atoms with van der Waals surface area (Å²) in [5.41, 5.74) is -0.129. The quantitative estimate of drug-likeness (QED) is 0.628. The predicted molar refractivity (Wildman–Crippen MR) is 83.7 cm³/mol. The Morgan fingerprint density at radius 3 is 2.52 bits per heavy atom. The molecule has 1 amide bonds. The largest absolute Gasteiger partial charge is 0.555 e. The summed E-state index contributed by atoms with van der Waals surface area (Å²) in [4.78, 5) is 11.8. The first-order valence-electron chi connectivity index (χ1n) is 6.41. The third kappa shape index (κ3) is 3.95. The number of carbonyl (C=O) groups excluding carboxylic acids is 1. The van der Waals surface area contributed by atoms with E-state index in [1.165, 1.54) is 6.07 Å². The minimum atomic E-state index is -3.55. The van der Waals surface area contributed by atoms with E-state index in [-0.39, 0.29) is 4.78 Å². The van der Waals surface area contributed by atoms with Crippen LogP contribution < -0.4 is 10.1 Å². The monoisotopic (exact) mass is 310 g/mol. The highest BCUT2D eigenvalue weighted by Crippen LogP contribution is 2.28. The maximum Gasteiger partial charge on any atom is 0.412 e. The SMILES string of the molecule is CC(C)(C)OC(=O)Nc1cccc2cc([B-](O)(O)O)sc12. The van der Waals surface area contributed by atoms with Gasteiger partial charge in [0.2, 0.25) is 0 Å². The summed E-state index contributed by atoms with van der Waals surface area (Å²) >= 11 is 0.998. The van der Waals surface area contributed by atoms with Crippen LogP contribution in [0.25, 0.3) is 10.1 Å². The first-order valence-corrected chi connectivity index (χ1v) is 7.22. The standard InChI is InChI=1S/C13H17BNO5S/c1-13(2,3)20-12(16)15-9-6-4-5-8-7-10(14(17,18)19)21-11(8)9/h4-7,17-19H,1-3H3,(H,15,16)/q-1. The van der Waals surface area contributed by atoms with Crippen LogP contribution in [0.3, 0.4) is 0 Å². The second kappa shape index (κ2) is 5.30. The number of amides is 1. The summed E-state index contributed by atoms with van der Waals surface area (Å²) < 4.78 is 5.83. The predicted octanol–water partition coefficient (Wildman–Crippen LogP) is 1.37. The number of nitrogens with one attached hydrogen (secondary N) is 1. The van der Waals surface area contributed by atoms with E-state index in [0.29, 0.717) is 15.8 Å². The Morgan fingerprint density at radius 1 is 1.29 bits per heavy atom. The van der Waals surface area contributed by atoms with Crippen molar-refractivity contribution >= 4 is 44.7 Å². The number of benzene rings is 1. The van der Waals surface area contributed by atoms with Crippen molar-refractivity contribution in [2.45, 2.75) is 26.4 Å². The zero-order chi connectivity index (χ0) is 15.8. The first-order chi connectivity index (χ1) is 9.56. The summed E-state index contributed by atoms with van der Waals surface area (Å²) in [6.45, 7) is 1.73. The van der Waals surface area contributed by atoms with Crippen LogP contribution in [0.2, 0.25) is 0 Å². The molecule has 0 saturated heterocycles. The molecule has 4 N–H and O–H groups in total. The Hall–Kier alpha value is -1.61. The number of hydrogen-bond donors (Lipinski definition) is 4. The highest BCUT2D eigenvalue weighted by atomic mass is 32.1. The molecule has 6 nitrogen and oxygen atoms in total. The summed E-state index contributed by atoms with van der Waals surface area (Å²) in [5, 5.41) is 31.2. The fourth-order valence-electron chi connectivity index (χ4n) is 1.79. The summed E-state index contributed by atoms with van der Waals surface area (Å²) in [6, 6.07) is 6.61. The lowest BCUT2D eigenvalue weighted by atomic mass is 9.78. The molecule has 0 atom stereocenters. The fraction of sp³-hybridized carbons (Fsp3) is 0.308. The van der Waals surface area contributed by atoms with Gasteiger partial charge in [-0.3, -0.25) is 5.32 Å². The normalized spacial score (nSPS) is 12.5. The molecule has 1 aromatic carbocycles. The first kappa shape index (κ1) is 15.8. The van der Waals surface area contributed by atoms with E-state index in [1.807, 2.05) is 0 Å². The lowest BCUT2D eigenvalue weighted by molar-refractivity contribution is 0.0636. The van der Waals surface area contributed by atoms with Crippen LogP contribution in [-0.4, -0.2) is 33.5 Å². The van der Waals surface area contributed by atoms with Crippen molar-refractivity contribution in [2.75, 3.05) is 5.32 Å². The van der Waals surface area contributed by atoms with Gasteiger partial charge in [-0.05, 0) is 32.2 Å². The molecule has 0 fully saturated rings. The molecule has 0 bridgehead atoms. The fourth-order valence-corrected chi connectivity index (χ4v) is 2.84. The second-order valence-electron chi connectivity index (χ2n) is 5.73. The molecule has 114 valence electrons. The third-order valence-electron chi connectivity index (χ3n) is 2.58. The highest BCUT2D eigenvalue weighted by Gasteiger charge is 2.22. The molecule has 2 rings (SSSR count). The van der Waals surface area contributed by atoms with Crippen LogP contribution in [0.1, 0.15) is 20.8 Å². The van der Waals surface area contributed by atoms with Gasteiger partial charge in [0.1, 0.15) is 5.60 Å². The van der Waals surface area contributed by atoms with Gasteiger partial charge in [-0.25, -0.2) is 4.79 Å². The van der Waals surface area contributed by atoms with Crippen molar-refractivity contribution in [1.29, 1.82) is 0 Å². The number of fused-ring (bicyclic) bond motifs is 1. The van der Waals surface area contributed by atoms with Crippen LogP contribution in [0, 0.1) is 0 Å². The molecular formula is C13H17BNO5S-. The van der Waals surface area contributed by atoms with E-state index in [4.69, 9.17) is 4.74 Å². The average molecular weight is 310 g/mol. The van der Waals surface area contributed by atoms with Crippen molar-refractivity contribution in [3.8, 4) is 0 Å². The third-order valence-corrected chi connectivity index (χ3v) is 3.91. The van der Waals surface area contributed by atoms with Crippen molar-refractivity contribution < 1.29 is 24.6 Å². The van der Waals surface area contributed by atoms with Crippen molar-refractivity contribution in [3.63, 3.8) is 0 Å². The van der Waals surface area contributed by atoms with Gasteiger partial charge in [-0.2, -0.15) is 11.3 Å². The molecule has 0 radical (unpaired) electrons. The zero-order valence-electron chi connectivity index (χ0n) is 12.0. The molecular weight excluding hydrogens is 293 g/mol. The van der Waals surface area contributed by atoms with Gasteiger partial charge in [-0.1, -0.05) is 23.0 Å². The molecule has 0 aliphatic carbocycles. The number of carbonyl (C=O) groups is 1. The molecule has 8 heteroatoms. The maximum absolute atomic E-state index is 11.8. The second-order valence-corrected chi connectivity index (χ2v) is 6.82. The van der Waals surface area contributed by atoms with Crippen LogP contribution in [0.5, 0.6) is 0 Å². The van der Waals surface area contributed by atoms with E-state index in [2.05, 4.69) is 5.32 Å². The Bertz CT molecular complexity index is 671. The average Bonchev–Trinajstić information content (AvgIpc) is 2.70. The molecule has 0 aliphatic heterocycles. The van der Waals surface area contributed by atoms with Gasteiger partial charge >= 0.3 is 12.8 Å². The van der Waals surface area contributed by atoms with Gasteiger partial charge in [0.05, 0.1) is 10.4 Å². The van der Waals surface area contributed by atoms with Crippen molar-refractivity contribution in [3.05, 3.63) is 24.3 Å². The van der Waals surface area contributed by atoms with E-state index < -0.39 is 18.4 Å². The van der Waals surface area contributed by atoms with E-state index in [9.17, 15) is 19.9 Å². The van der Waals surface area contributed by atoms with Crippen LogP contribution in [-0.2, 0) is 4.74 Å². The minimum absolute atomic E-state index is 0.0310. The maximum atomic E-state index is 11.8. The lowest BCUT2D eigenvalue weighted by Crippen LogP contribution is -2.46. The number of ether oxygens (including phenoxy) is 1. The molecule has 2 aromatic rings. The summed E-state index contributed by atoms with van der Waals surface area (Å²) in [6.07, 6.45) is -0.598. The molecule has 0 aliphatic rings. The lowest BCUT2D eigenvalue weighted by Gasteiger charge is -2.20. The number of anilines is 1. The van der Waals surface area contributed by atoms with Gasteiger partial charge in [0, 0.05) is 0 Å². The minimum Gasteiger partial charge on any atom is -0.555 e. The molecule has 0 saturated carbocycles. The van der Waals surface area contributed by atoms with Crippen LogP contribution >= 0.6 is 11.3 Å². The zero-order valence-corrected chi connectivity index (χ0v) is 12.8. The number of rotatable bonds is 2. The summed E-state index contributed by atoms with van der Waals surface area (Å²) in [7, 11) is 0. The van der Waals surface area contributed by atoms with Gasteiger partial charge in [-0.15, -0.1) is 0 Å². The molecule has 1 heterocycles. The molecule has 1 aromatic heterocycles. The van der Waals surface area contributed by atoms with E-state index in [1.54, 1.807) is 39.0 Å². The van der Waals surface area contributed by atoms with Gasteiger partial charge < -0.3 is 19.8 Å². The van der Waals surface area contributed by atoms with Gasteiger partial charge in [0.15, 0.2) is 0 Å².